The number of carbonyl (C=O) groups is 1. The zero-order chi connectivity index (χ0) is 22.1. The number of rotatable bonds is 11. The average molecular weight is 469 g/mol. The molecule has 0 fully saturated rings. The Kier molecular flexibility index (Phi) is 9.52. The lowest BCUT2D eigenvalue weighted by Gasteiger charge is -2.25. The molecule has 0 heterocycles. The van der Waals surface area contributed by atoms with Crippen molar-refractivity contribution < 1.29 is 13.2 Å². The molecule has 0 saturated heterocycles. The monoisotopic (exact) mass is 468 g/mol. The van der Waals surface area contributed by atoms with Crippen molar-refractivity contribution in [1.82, 2.24) is 5.32 Å². The predicted octanol–water partition coefficient (Wildman–Crippen LogP) is 4.67. The highest BCUT2D eigenvalue weighted by Crippen LogP contribution is 2.28. The molecule has 0 aliphatic heterocycles. The summed E-state index contributed by atoms with van der Waals surface area (Å²) in [6.07, 6.45) is 1.94. The van der Waals surface area contributed by atoms with Gasteiger partial charge in [-0.15, -0.1) is 0 Å². The molecule has 0 bridgehead atoms. The first-order valence-corrected chi connectivity index (χ1v) is 13.2. The van der Waals surface area contributed by atoms with Gasteiger partial charge in [0.1, 0.15) is 6.54 Å². The average Bonchev–Trinajstić information content (AvgIpc) is 2.69. The Bertz CT molecular complexity index is 932. The van der Waals surface area contributed by atoms with Crippen molar-refractivity contribution in [3.8, 4) is 0 Å². The Balaban J connectivity index is 1.83. The highest BCUT2D eigenvalue weighted by molar-refractivity contribution is 7.98. The van der Waals surface area contributed by atoms with Crippen LogP contribution in [0, 0.1) is 0 Å². The van der Waals surface area contributed by atoms with E-state index < -0.39 is 10.0 Å². The van der Waals surface area contributed by atoms with Crippen molar-refractivity contribution in [3.05, 3.63) is 64.7 Å². The topological polar surface area (TPSA) is 66.5 Å². The van der Waals surface area contributed by atoms with Crippen LogP contribution >= 0.6 is 23.4 Å². The number of nitrogens with one attached hydrogen (secondary N) is 1. The van der Waals surface area contributed by atoms with Crippen LogP contribution in [0.4, 0.5) is 5.69 Å². The minimum Gasteiger partial charge on any atom is -0.354 e. The van der Waals surface area contributed by atoms with Gasteiger partial charge in [-0.05, 0) is 47.4 Å². The standard InChI is InChI=1S/C22H29ClN2O3S2/c1-17(2)20-7-4-5-8-21(20)25(30(3,27)28)15-22(26)24-13-6-14-29-16-18-9-11-19(23)12-10-18/h4-5,7-12,17H,6,13-16H2,1-3H3,(H,24,26). The number of benzene rings is 2. The summed E-state index contributed by atoms with van der Waals surface area (Å²) in [5, 5.41) is 3.56. The minimum absolute atomic E-state index is 0.145. The van der Waals surface area contributed by atoms with Gasteiger partial charge in [0.05, 0.1) is 11.9 Å². The number of halogens is 1. The quantitative estimate of drug-likeness (QED) is 0.486. The van der Waals surface area contributed by atoms with E-state index in [0.29, 0.717) is 12.2 Å². The van der Waals surface area contributed by atoms with Crippen molar-refractivity contribution in [2.75, 3.05) is 29.4 Å². The van der Waals surface area contributed by atoms with Gasteiger partial charge in [0.15, 0.2) is 0 Å². The summed E-state index contributed by atoms with van der Waals surface area (Å²) < 4.78 is 25.9. The highest BCUT2D eigenvalue weighted by Gasteiger charge is 2.23. The maximum Gasteiger partial charge on any atom is 0.240 e. The van der Waals surface area contributed by atoms with Gasteiger partial charge >= 0.3 is 0 Å². The number of anilines is 1. The Hall–Kier alpha value is -1.70. The van der Waals surface area contributed by atoms with Crippen molar-refractivity contribution in [2.45, 2.75) is 31.9 Å². The molecule has 8 heteroatoms. The van der Waals surface area contributed by atoms with Crippen molar-refractivity contribution in [3.63, 3.8) is 0 Å². The van der Waals surface area contributed by atoms with E-state index in [0.717, 1.165) is 34.8 Å². The Morgan fingerprint density at radius 2 is 1.80 bits per heavy atom. The first-order valence-electron chi connectivity index (χ1n) is 9.84. The maximum atomic E-state index is 12.4. The molecule has 1 amide bonds. The number of hydrogen-bond acceptors (Lipinski definition) is 4. The largest absolute Gasteiger partial charge is 0.354 e. The van der Waals surface area contributed by atoms with E-state index in [1.165, 1.54) is 9.87 Å². The van der Waals surface area contributed by atoms with Crippen LogP contribution in [0.3, 0.4) is 0 Å². The van der Waals surface area contributed by atoms with E-state index >= 15 is 0 Å². The molecule has 2 aromatic rings. The van der Waals surface area contributed by atoms with Crippen molar-refractivity contribution >= 4 is 45.0 Å². The summed E-state index contributed by atoms with van der Waals surface area (Å²) in [5.74, 6) is 1.63. The molecule has 0 aliphatic rings. The smallest absolute Gasteiger partial charge is 0.240 e. The molecule has 0 radical (unpaired) electrons. The molecule has 2 rings (SSSR count). The van der Waals surface area contributed by atoms with Crippen LogP contribution in [0.25, 0.3) is 0 Å². The van der Waals surface area contributed by atoms with E-state index in [4.69, 9.17) is 11.6 Å². The summed E-state index contributed by atoms with van der Waals surface area (Å²) in [7, 11) is -3.58. The van der Waals surface area contributed by atoms with E-state index in [1.807, 2.05) is 50.2 Å². The first-order chi connectivity index (χ1) is 14.2. The van der Waals surface area contributed by atoms with E-state index in [9.17, 15) is 13.2 Å². The molecule has 0 unspecified atom stereocenters. The van der Waals surface area contributed by atoms with Crippen LogP contribution in [0.15, 0.2) is 48.5 Å². The van der Waals surface area contributed by atoms with Gasteiger partial charge in [0.25, 0.3) is 0 Å². The van der Waals surface area contributed by atoms with Crippen LogP contribution < -0.4 is 9.62 Å². The van der Waals surface area contributed by atoms with Gasteiger partial charge in [-0.1, -0.05) is 55.8 Å². The summed E-state index contributed by atoms with van der Waals surface area (Å²) in [5.41, 5.74) is 2.67. The molecule has 164 valence electrons. The number of thioether (sulfide) groups is 1. The lowest BCUT2D eigenvalue weighted by atomic mass is 10.0. The Labute approximate surface area is 189 Å². The Morgan fingerprint density at radius 1 is 1.13 bits per heavy atom. The second-order valence-corrected chi connectivity index (χ2v) is 10.8. The molecule has 0 atom stereocenters. The number of hydrogen-bond donors (Lipinski definition) is 1. The normalized spacial score (nSPS) is 11.5. The first kappa shape index (κ1) is 24.6. The number of sulfonamides is 1. The van der Waals surface area contributed by atoms with Crippen molar-refractivity contribution in [2.24, 2.45) is 0 Å². The lowest BCUT2D eigenvalue weighted by molar-refractivity contribution is -0.119. The third-order valence-electron chi connectivity index (χ3n) is 4.48. The zero-order valence-corrected chi connectivity index (χ0v) is 20.0. The second kappa shape index (κ2) is 11.6. The van der Waals surface area contributed by atoms with Gasteiger partial charge in [-0.2, -0.15) is 11.8 Å². The third-order valence-corrected chi connectivity index (χ3v) is 6.98. The number of para-hydroxylation sites is 1. The molecule has 0 saturated carbocycles. The molecular weight excluding hydrogens is 440 g/mol. The van der Waals surface area contributed by atoms with E-state index in [2.05, 4.69) is 5.32 Å². The summed E-state index contributed by atoms with van der Waals surface area (Å²) in [6, 6.07) is 15.1. The van der Waals surface area contributed by atoms with Crippen molar-refractivity contribution in [1.29, 1.82) is 0 Å². The van der Waals surface area contributed by atoms with Crippen LogP contribution in [0.2, 0.25) is 5.02 Å². The number of carbonyl (C=O) groups excluding carboxylic acids is 1. The van der Waals surface area contributed by atoms with Gasteiger partial charge in [0, 0.05) is 17.3 Å². The summed E-state index contributed by atoms with van der Waals surface area (Å²) in [6.45, 7) is 4.29. The van der Waals surface area contributed by atoms with Crippen LogP contribution in [0.5, 0.6) is 0 Å². The highest BCUT2D eigenvalue weighted by atomic mass is 35.5. The summed E-state index contributed by atoms with van der Waals surface area (Å²) in [4.78, 5) is 12.4. The molecule has 1 N–H and O–H groups in total. The van der Waals surface area contributed by atoms with Gasteiger partial charge in [0.2, 0.25) is 15.9 Å². The SMILES string of the molecule is CC(C)c1ccccc1N(CC(=O)NCCCSCc1ccc(Cl)cc1)S(C)(=O)=O. The second-order valence-electron chi connectivity index (χ2n) is 7.37. The molecule has 0 aromatic heterocycles. The van der Waals surface area contributed by atoms with Gasteiger partial charge < -0.3 is 5.32 Å². The molecule has 0 aliphatic carbocycles. The van der Waals surface area contributed by atoms with Gasteiger partial charge in [-0.25, -0.2) is 8.42 Å². The fourth-order valence-corrected chi connectivity index (χ4v) is 4.87. The maximum absolute atomic E-state index is 12.4. The molecular formula is C22H29ClN2O3S2. The molecule has 2 aromatic carbocycles. The minimum atomic E-state index is -3.58. The number of amides is 1. The fourth-order valence-electron chi connectivity index (χ4n) is 2.94. The summed E-state index contributed by atoms with van der Waals surface area (Å²) >= 11 is 7.67. The van der Waals surface area contributed by atoms with Crippen LogP contribution in [-0.2, 0) is 20.6 Å². The zero-order valence-electron chi connectivity index (χ0n) is 17.6. The molecule has 30 heavy (non-hydrogen) atoms. The third kappa shape index (κ3) is 7.85. The Morgan fingerprint density at radius 3 is 2.43 bits per heavy atom. The lowest BCUT2D eigenvalue weighted by Crippen LogP contribution is -2.41. The van der Waals surface area contributed by atoms with E-state index in [1.54, 1.807) is 23.9 Å². The fraction of sp³-hybridized carbons (Fsp3) is 0.409. The van der Waals surface area contributed by atoms with Crippen LogP contribution in [0.1, 0.15) is 37.3 Å². The number of nitrogens with zero attached hydrogens (tertiary/aromatic N) is 1. The van der Waals surface area contributed by atoms with Gasteiger partial charge in [-0.3, -0.25) is 9.10 Å². The van der Waals surface area contributed by atoms with Crippen LogP contribution in [-0.4, -0.2) is 39.4 Å². The molecule has 5 nitrogen and oxygen atoms in total. The molecule has 0 spiro atoms. The van der Waals surface area contributed by atoms with E-state index in [-0.39, 0.29) is 18.4 Å². The predicted molar refractivity (Wildman–Crippen MR) is 128 cm³/mol.